The molecule has 0 atom stereocenters. The summed E-state index contributed by atoms with van der Waals surface area (Å²) in [5.41, 5.74) is 6.82. The van der Waals surface area contributed by atoms with Crippen LogP contribution >= 0.6 is 11.3 Å². The Morgan fingerprint density at radius 1 is 1.21 bits per heavy atom. The van der Waals surface area contributed by atoms with Crippen LogP contribution in [0.2, 0.25) is 0 Å². The monoisotopic (exact) mass is 280 g/mol. The van der Waals surface area contributed by atoms with Crippen molar-refractivity contribution in [3.63, 3.8) is 0 Å². The van der Waals surface area contributed by atoms with Gasteiger partial charge in [0.25, 0.3) is 0 Å². The molecule has 19 heavy (non-hydrogen) atoms. The van der Waals surface area contributed by atoms with Gasteiger partial charge in [-0.3, -0.25) is 4.90 Å². The molecule has 0 radical (unpaired) electrons. The van der Waals surface area contributed by atoms with Gasteiger partial charge >= 0.3 is 0 Å². The molecule has 0 aromatic carbocycles. The van der Waals surface area contributed by atoms with Gasteiger partial charge in [0, 0.05) is 50.6 Å². The zero-order valence-corrected chi connectivity index (χ0v) is 12.4. The van der Waals surface area contributed by atoms with Crippen molar-refractivity contribution in [1.82, 2.24) is 14.8 Å². The van der Waals surface area contributed by atoms with Gasteiger partial charge in [-0.05, 0) is 12.8 Å². The summed E-state index contributed by atoms with van der Waals surface area (Å²) in [5.74, 6) is 0. The Kier molecular flexibility index (Phi) is 4.35. The summed E-state index contributed by atoms with van der Waals surface area (Å²) in [7, 11) is 0. The standard InChI is InChI=1S/C14H24N4S/c15-14-16-12(11-19-14)5-6-17-7-9-18(10-8-17)13-3-1-2-4-13/h11,13H,1-10H2,(H2,15,16). The van der Waals surface area contributed by atoms with Gasteiger partial charge in [-0.1, -0.05) is 12.8 Å². The molecule has 2 fully saturated rings. The first-order valence-electron chi connectivity index (χ1n) is 7.47. The molecule has 0 bridgehead atoms. The zero-order chi connectivity index (χ0) is 13.1. The Balaban J connectivity index is 1.40. The number of hydrogen-bond donors (Lipinski definition) is 1. The molecule has 1 aromatic rings. The number of thiazole rings is 1. The third-order valence-electron chi connectivity index (χ3n) is 4.50. The van der Waals surface area contributed by atoms with Gasteiger partial charge in [0.1, 0.15) is 0 Å². The van der Waals surface area contributed by atoms with E-state index in [2.05, 4.69) is 20.2 Å². The van der Waals surface area contributed by atoms with Crippen molar-refractivity contribution in [2.75, 3.05) is 38.5 Å². The van der Waals surface area contributed by atoms with Crippen LogP contribution in [0.15, 0.2) is 5.38 Å². The Hall–Kier alpha value is -0.650. The number of aromatic nitrogens is 1. The fraction of sp³-hybridized carbons (Fsp3) is 0.786. The molecule has 4 nitrogen and oxygen atoms in total. The highest BCUT2D eigenvalue weighted by Gasteiger charge is 2.25. The Morgan fingerprint density at radius 3 is 2.58 bits per heavy atom. The fourth-order valence-electron chi connectivity index (χ4n) is 3.33. The summed E-state index contributed by atoms with van der Waals surface area (Å²) >= 11 is 1.55. The maximum atomic E-state index is 5.66. The SMILES string of the molecule is Nc1nc(CCN2CCN(C3CCCC3)CC2)cs1. The van der Waals surface area contributed by atoms with E-state index < -0.39 is 0 Å². The number of rotatable bonds is 4. The van der Waals surface area contributed by atoms with E-state index in [9.17, 15) is 0 Å². The van der Waals surface area contributed by atoms with Gasteiger partial charge in [-0.2, -0.15) is 0 Å². The largest absolute Gasteiger partial charge is 0.375 e. The second kappa shape index (κ2) is 6.20. The van der Waals surface area contributed by atoms with Gasteiger partial charge in [0.2, 0.25) is 0 Å². The van der Waals surface area contributed by atoms with Crippen molar-refractivity contribution in [3.05, 3.63) is 11.1 Å². The number of nitrogens with zero attached hydrogens (tertiary/aromatic N) is 3. The number of nitrogens with two attached hydrogens (primary N) is 1. The molecular formula is C14H24N4S. The van der Waals surface area contributed by atoms with Crippen molar-refractivity contribution >= 4 is 16.5 Å². The molecule has 1 saturated carbocycles. The summed E-state index contributed by atoms with van der Waals surface area (Å²) in [5, 5.41) is 2.78. The molecule has 1 saturated heterocycles. The van der Waals surface area contributed by atoms with Crippen molar-refractivity contribution in [3.8, 4) is 0 Å². The van der Waals surface area contributed by atoms with E-state index in [0.29, 0.717) is 5.13 Å². The van der Waals surface area contributed by atoms with Gasteiger partial charge in [0.15, 0.2) is 5.13 Å². The Morgan fingerprint density at radius 2 is 1.95 bits per heavy atom. The van der Waals surface area contributed by atoms with Crippen LogP contribution in [0.3, 0.4) is 0 Å². The zero-order valence-electron chi connectivity index (χ0n) is 11.6. The first-order chi connectivity index (χ1) is 9.31. The molecule has 2 N–H and O–H groups in total. The topological polar surface area (TPSA) is 45.4 Å². The third-order valence-corrected chi connectivity index (χ3v) is 5.22. The van der Waals surface area contributed by atoms with Crippen LogP contribution < -0.4 is 5.73 Å². The van der Waals surface area contributed by atoms with Crippen LogP contribution in [0.1, 0.15) is 31.4 Å². The summed E-state index contributed by atoms with van der Waals surface area (Å²) in [6.07, 6.45) is 6.78. The maximum absolute atomic E-state index is 5.66. The highest BCUT2D eigenvalue weighted by Crippen LogP contribution is 2.24. The Labute approximate surface area is 119 Å². The summed E-state index contributed by atoms with van der Waals surface area (Å²) < 4.78 is 0. The van der Waals surface area contributed by atoms with Gasteiger partial charge < -0.3 is 10.6 Å². The average molecular weight is 280 g/mol. The lowest BCUT2D eigenvalue weighted by atomic mass is 10.1. The highest BCUT2D eigenvalue weighted by molar-refractivity contribution is 7.13. The lowest BCUT2D eigenvalue weighted by Gasteiger charge is -2.38. The lowest BCUT2D eigenvalue weighted by Crippen LogP contribution is -2.50. The summed E-state index contributed by atoms with van der Waals surface area (Å²) in [4.78, 5) is 9.62. The summed E-state index contributed by atoms with van der Waals surface area (Å²) in [6, 6.07) is 0.889. The second-order valence-electron chi connectivity index (χ2n) is 5.74. The minimum absolute atomic E-state index is 0.695. The molecule has 0 spiro atoms. The van der Waals surface area contributed by atoms with Crippen LogP contribution in [0.25, 0.3) is 0 Å². The molecule has 5 heteroatoms. The number of nitrogen functional groups attached to an aromatic ring is 1. The molecule has 2 aliphatic rings. The van der Waals surface area contributed by atoms with Gasteiger partial charge in [-0.25, -0.2) is 4.98 Å². The van der Waals surface area contributed by atoms with Crippen LogP contribution in [0.4, 0.5) is 5.13 Å². The Bertz CT molecular complexity index is 392. The molecule has 1 aliphatic heterocycles. The normalized spacial score (nSPS) is 23.2. The smallest absolute Gasteiger partial charge is 0.180 e. The van der Waals surface area contributed by atoms with E-state index in [1.165, 1.54) is 51.9 Å². The molecule has 0 amide bonds. The quantitative estimate of drug-likeness (QED) is 0.914. The molecule has 1 aliphatic carbocycles. The van der Waals surface area contributed by atoms with E-state index in [-0.39, 0.29) is 0 Å². The van der Waals surface area contributed by atoms with Crippen molar-refractivity contribution in [2.24, 2.45) is 0 Å². The second-order valence-corrected chi connectivity index (χ2v) is 6.63. The van der Waals surface area contributed by atoms with E-state index in [1.54, 1.807) is 11.3 Å². The third kappa shape index (κ3) is 3.46. The van der Waals surface area contributed by atoms with Crippen LogP contribution in [-0.4, -0.2) is 53.5 Å². The van der Waals surface area contributed by atoms with Crippen molar-refractivity contribution in [2.45, 2.75) is 38.1 Å². The first-order valence-corrected chi connectivity index (χ1v) is 8.35. The minimum Gasteiger partial charge on any atom is -0.375 e. The van der Waals surface area contributed by atoms with Crippen molar-refractivity contribution in [1.29, 1.82) is 0 Å². The average Bonchev–Trinajstić information content (AvgIpc) is 3.08. The molecule has 106 valence electrons. The molecule has 3 rings (SSSR count). The predicted octanol–water partition coefficient (Wildman–Crippen LogP) is 1.83. The highest BCUT2D eigenvalue weighted by atomic mass is 32.1. The van der Waals surface area contributed by atoms with Gasteiger partial charge in [0.05, 0.1) is 5.69 Å². The van der Waals surface area contributed by atoms with Crippen LogP contribution in [0.5, 0.6) is 0 Å². The minimum atomic E-state index is 0.695. The number of piperazine rings is 1. The van der Waals surface area contributed by atoms with E-state index >= 15 is 0 Å². The fourth-order valence-corrected chi connectivity index (χ4v) is 3.93. The molecule has 2 heterocycles. The predicted molar refractivity (Wildman–Crippen MR) is 80.5 cm³/mol. The lowest BCUT2D eigenvalue weighted by molar-refractivity contribution is 0.0985. The number of hydrogen-bond acceptors (Lipinski definition) is 5. The summed E-state index contributed by atoms with van der Waals surface area (Å²) in [6.45, 7) is 6.07. The van der Waals surface area contributed by atoms with Gasteiger partial charge in [-0.15, -0.1) is 11.3 Å². The molecule has 1 aromatic heterocycles. The van der Waals surface area contributed by atoms with Crippen LogP contribution in [-0.2, 0) is 6.42 Å². The van der Waals surface area contributed by atoms with E-state index in [4.69, 9.17) is 5.73 Å². The first kappa shape index (κ1) is 13.3. The van der Waals surface area contributed by atoms with E-state index in [0.717, 1.165) is 24.7 Å². The maximum Gasteiger partial charge on any atom is 0.180 e. The number of anilines is 1. The molecule has 0 unspecified atom stereocenters. The van der Waals surface area contributed by atoms with E-state index in [1.807, 2.05) is 0 Å². The van der Waals surface area contributed by atoms with Crippen molar-refractivity contribution < 1.29 is 0 Å². The van der Waals surface area contributed by atoms with Crippen LogP contribution in [0, 0.1) is 0 Å². The molecular weight excluding hydrogens is 256 g/mol.